The first-order valence-corrected chi connectivity index (χ1v) is 9.81. The van der Waals surface area contributed by atoms with Gasteiger partial charge in [-0.3, -0.25) is 9.59 Å². The maximum atomic E-state index is 12.1. The van der Waals surface area contributed by atoms with E-state index in [2.05, 4.69) is 21.2 Å². The number of carbonyl (C=O) groups is 2. The van der Waals surface area contributed by atoms with Crippen LogP contribution in [0.4, 0.5) is 0 Å². The topological polar surface area (TPSA) is 71.3 Å². The van der Waals surface area contributed by atoms with Gasteiger partial charge in [-0.15, -0.1) is 0 Å². The van der Waals surface area contributed by atoms with E-state index in [1.807, 2.05) is 30.7 Å². The summed E-state index contributed by atoms with van der Waals surface area (Å²) in [7, 11) is 3.08. The number of carboxylic acids is 1. The number of nitrogens with zero attached hydrogens (tertiary/aromatic N) is 1. The van der Waals surface area contributed by atoms with Crippen LogP contribution in [0.3, 0.4) is 0 Å². The molecule has 0 radical (unpaired) electrons. The largest absolute Gasteiger partial charge is 0.481 e. The highest BCUT2D eigenvalue weighted by Gasteiger charge is 2.14. The Bertz CT molecular complexity index is 492. The summed E-state index contributed by atoms with van der Waals surface area (Å²) >= 11 is 3.39. The molecule has 1 rings (SSSR count). The summed E-state index contributed by atoms with van der Waals surface area (Å²) in [6, 6.07) is 2.03. The summed E-state index contributed by atoms with van der Waals surface area (Å²) in [5.74, 6) is 0.457. The maximum Gasteiger partial charge on any atom is 0.304 e. The number of carboxylic acid groups (broad SMARTS) is 1. The Balaban J connectivity index is 2.30. The monoisotopic (exact) mass is 394 g/mol. The molecule has 118 valence electrons. The highest BCUT2D eigenvalue weighted by Crippen LogP contribution is 2.21. The van der Waals surface area contributed by atoms with Crippen LogP contribution in [0.2, 0.25) is 0 Å². The molecule has 5 nitrogen and oxygen atoms in total. The number of hydrogen-bond donors (Lipinski definition) is 2. The minimum absolute atomic E-state index is 0.0921. The third-order valence-corrected chi connectivity index (χ3v) is 5.40. The normalized spacial score (nSPS) is 10.9. The van der Waals surface area contributed by atoms with Gasteiger partial charge in [0.1, 0.15) is 5.69 Å². The van der Waals surface area contributed by atoms with Crippen LogP contribution < -0.4 is 5.32 Å². The number of aliphatic carboxylic acids is 1. The van der Waals surface area contributed by atoms with Crippen molar-refractivity contribution in [3.63, 3.8) is 0 Å². The van der Waals surface area contributed by atoms with Crippen LogP contribution in [-0.2, 0) is 4.79 Å². The predicted octanol–water partition coefficient (Wildman–Crippen LogP) is 3.42. The summed E-state index contributed by atoms with van der Waals surface area (Å²) in [5, 5.41) is 11.4. The molecule has 0 atom stereocenters. The lowest BCUT2D eigenvalue weighted by molar-refractivity contribution is -0.136. The van der Waals surface area contributed by atoms with E-state index in [1.165, 1.54) is 10.8 Å². The van der Waals surface area contributed by atoms with Crippen molar-refractivity contribution in [2.45, 2.75) is 26.3 Å². The molecule has 0 aliphatic carbocycles. The van der Waals surface area contributed by atoms with Crippen molar-refractivity contribution in [3.05, 3.63) is 22.4 Å². The lowest BCUT2D eigenvalue weighted by Crippen LogP contribution is -2.28. The molecule has 0 aromatic carbocycles. The molecule has 21 heavy (non-hydrogen) atoms. The third-order valence-electron chi connectivity index (χ3n) is 2.56. The van der Waals surface area contributed by atoms with E-state index in [1.54, 1.807) is 10.8 Å². The van der Waals surface area contributed by atoms with Crippen LogP contribution >= 0.6 is 37.5 Å². The number of halogens is 1. The smallest absolute Gasteiger partial charge is 0.304 e. The molecule has 0 spiro atoms. The minimum atomic E-state index is -0.781. The van der Waals surface area contributed by atoms with Gasteiger partial charge in [0.25, 0.3) is 5.91 Å². The van der Waals surface area contributed by atoms with Gasteiger partial charge in [-0.1, -0.05) is 21.6 Å². The van der Waals surface area contributed by atoms with E-state index in [-0.39, 0.29) is 18.4 Å². The van der Waals surface area contributed by atoms with E-state index in [0.717, 1.165) is 10.2 Å². The first-order chi connectivity index (χ1) is 9.91. The molecular formula is C13H19BrN2O3S2. The van der Waals surface area contributed by atoms with Gasteiger partial charge in [0.15, 0.2) is 0 Å². The molecule has 0 aliphatic heterocycles. The van der Waals surface area contributed by atoms with Gasteiger partial charge >= 0.3 is 5.97 Å². The van der Waals surface area contributed by atoms with Gasteiger partial charge in [0.05, 0.1) is 6.42 Å². The molecule has 1 heterocycles. The molecule has 1 amide bonds. The SMILES string of the molecule is CC(C)n1cc(Br)cc1C(=O)NCCSSCCC(=O)O. The lowest BCUT2D eigenvalue weighted by atomic mass is 10.3. The molecule has 0 aliphatic rings. The van der Waals surface area contributed by atoms with E-state index >= 15 is 0 Å². The van der Waals surface area contributed by atoms with Gasteiger partial charge in [0, 0.05) is 34.8 Å². The molecule has 2 N–H and O–H groups in total. The summed E-state index contributed by atoms with van der Waals surface area (Å²) in [4.78, 5) is 22.5. The minimum Gasteiger partial charge on any atom is -0.481 e. The van der Waals surface area contributed by atoms with Crippen molar-refractivity contribution in [1.82, 2.24) is 9.88 Å². The van der Waals surface area contributed by atoms with Crippen molar-refractivity contribution in [3.8, 4) is 0 Å². The van der Waals surface area contributed by atoms with Gasteiger partial charge < -0.3 is 15.0 Å². The summed E-state index contributed by atoms with van der Waals surface area (Å²) in [6.45, 7) is 4.61. The Labute approximate surface area is 140 Å². The maximum absolute atomic E-state index is 12.1. The van der Waals surface area contributed by atoms with Gasteiger partial charge in [-0.2, -0.15) is 0 Å². The molecule has 0 unspecified atom stereocenters. The predicted molar refractivity (Wildman–Crippen MR) is 92.0 cm³/mol. The first-order valence-electron chi connectivity index (χ1n) is 6.53. The molecule has 1 aromatic rings. The first kappa shape index (κ1) is 18.4. The zero-order valence-electron chi connectivity index (χ0n) is 12.0. The Morgan fingerprint density at radius 1 is 1.38 bits per heavy atom. The summed E-state index contributed by atoms with van der Waals surface area (Å²) < 4.78 is 2.81. The van der Waals surface area contributed by atoms with Crippen molar-refractivity contribution in [2.75, 3.05) is 18.1 Å². The third kappa shape index (κ3) is 6.80. The Morgan fingerprint density at radius 3 is 2.67 bits per heavy atom. The second-order valence-electron chi connectivity index (χ2n) is 4.59. The number of nitrogens with one attached hydrogen (secondary N) is 1. The van der Waals surface area contributed by atoms with Gasteiger partial charge in [0.2, 0.25) is 0 Å². The molecule has 0 saturated heterocycles. The molecule has 0 bridgehead atoms. The van der Waals surface area contributed by atoms with Crippen LogP contribution in [0.25, 0.3) is 0 Å². The molecule has 1 aromatic heterocycles. The zero-order chi connectivity index (χ0) is 15.8. The Morgan fingerprint density at radius 2 is 2.05 bits per heavy atom. The van der Waals surface area contributed by atoms with Crippen LogP contribution in [0, 0.1) is 0 Å². The average Bonchev–Trinajstić information content (AvgIpc) is 2.79. The van der Waals surface area contributed by atoms with Crippen molar-refractivity contribution >= 4 is 49.4 Å². The van der Waals surface area contributed by atoms with E-state index in [0.29, 0.717) is 18.0 Å². The second-order valence-corrected chi connectivity index (χ2v) is 8.21. The number of rotatable bonds is 9. The van der Waals surface area contributed by atoms with Crippen molar-refractivity contribution in [1.29, 1.82) is 0 Å². The number of hydrogen-bond acceptors (Lipinski definition) is 4. The van der Waals surface area contributed by atoms with E-state index in [9.17, 15) is 9.59 Å². The van der Waals surface area contributed by atoms with E-state index < -0.39 is 5.97 Å². The quantitative estimate of drug-likeness (QED) is 0.495. The zero-order valence-corrected chi connectivity index (χ0v) is 15.2. The van der Waals surface area contributed by atoms with Crippen molar-refractivity contribution in [2.24, 2.45) is 0 Å². The Hall–Kier alpha value is -0.600. The van der Waals surface area contributed by atoms with Crippen molar-refractivity contribution < 1.29 is 14.7 Å². The standard InChI is InChI=1S/C13H19BrN2O3S2/c1-9(2)16-8-10(14)7-11(16)13(19)15-4-6-21-20-5-3-12(17)18/h7-9H,3-6H2,1-2H3,(H,15,19)(H,17,18). The average molecular weight is 395 g/mol. The van der Waals surface area contributed by atoms with Crippen LogP contribution in [-0.4, -0.2) is 39.6 Å². The molecular weight excluding hydrogens is 376 g/mol. The van der Waals surface area contributed by atoms with Gasteiger partial charge in [-0.25, -0.2) is 0 Å². The fourth-order valence-corrected chi connectivity index (χ4v) is 3.92. The highest BCUT2D eigenvalue weighted by molar-refractivity contribution is 9.10. The summed E-state index contributed by atoms with van der Waals surface area (Å²) in [6.07, 6.45) is 2.07. The lowest BCUT2D eigenvalue weighted by Gasteiger charge is -2.12. The van der Waals surface area contributed by atoms with Crippen LogP contribution in [0.5, 0.6) is 0 Å². The second kappa shape index (κ2) is 9.42. The molecule has 0 fully saturated rings. The van der Waals surface area contributed by atoms with Crippen LogP contribution in [0.15, 0.2) is 16.7 Å². The number of aromatic nitrogens is 1. The van der Waals surface area contributed by atoms with Gasteiger partial charge in [-0.05, 0) is 35.8 Å². The molecule has 0 saturated carbocycles. The Kier molecular flexibility index (Phi) is 8.28. The van der Waals surface area contributed by atoms with E-state index in [4.69, 9.17) is 5.11 Å². The fraction of sp³-hybridized carbons (Fsp3) is 0.538. The number of carbonyl (C=O) groups excluding carboxylic acids is 1. The summed E-state index contributed by atoms with van der Waals surface area (Å²) in [5.41, 5.74) is 0.639. The van der Waals surface area contributed by atoms with Crippen LogP contribution in [0.1, 0.15) is 36.8 Å². The fourth-order valence-electron chi connectivity index (χ4n) is 1.60. The number of amides is 1. The molecule has 8 heteroatoms. The highest BCUT2D eigenvalue weighted by atomic mass is 79.9.